The molecule has 0 unspecified atom stereocenters. The molecule has 0 radical (unpaired) electrons. The average Bonchev–Trinajstić information content (AvgIpc) is 2.89. The van der Waals surface area contributed by atoms with E-state index in [-0.39, 0.29) is 5.92 Å². The van der Waals surface area contributed by atoms with E-state index in [2.05, 4.69) is 9.88 Å². The Hall–Kier alpha value is -3.10. The van der Waals surface area contributed by atoms with E-state index < -0.39 is 29.6 Å². The van der Waals surface area contributed by atoms with Crippen LogP contribution in [0.3, 0.4) is 0 Å². The second-order valence-corrected chi connectivity index (χ2v) is 9.49. The van der Waals surface area contributed by atoms with Crippen molar-refractivity contribution in [2.24, 2.45) is 11.8 Å². The van der Waals surface area contributed by atoms with Crippen LogP contribution in [0.5, 0.6) is 5.75 Å². The number of carboxylic acids is 1. The standard InChI is InChI=1S/C28H32F2N2O4/c1-36-20-8-9-25-22(16-20)21(11-13-31-25)26(33)10-7-18-12-15-32(17-23(18)28(34)35)14-3-5-19-4-2-6-24(29)27(19)30/h2,4,6,8-9,11,13,16,18,23,26,33H,3,5,7,10,12,14-15,17H2,1H3,(H,34,35)/t18-,23+,26+/m1/s1. The molecule has 1 saturated heterocycles. The predicted octanol–water partition coefficient (Wildman–Crippen LogP) is 4.99. The van der Waals surface area contributed by atoms with Crippen molar-refractivity contribution in [2.45, 2.75) is 38.2 Å². The Morgan fingerprint density at radius 3 is 2.86 bits per heavy atom. The molecule has 3 atom stereocenters. The molecule has 192 valence electrons. The number of likely N-dealkylation sites (tertiary alicyclic amines) is 1. The van der Waals surface area contributed by atoms with Crippen LogP contribution in [0, 0.1) is 23.5 Å². The molecule has 0 spiro atoms. The molecule has 2 heterocycles. The highest BCUT2D eigenvalue weighted by atomic mass is 19.2. The summed E-state index contributed by atoms with van der Waals surface area (Å²) in [5.41, 5.74) is 1.87. The maximum Gasteiger partial charge on any atom is 0.308 e. The minimum atomic E-state index is -0.847. The van der Waals surface area contributed by atoms with Crippen LogP contribution in [0.15, 0.2) is 48.7 Å². The second kappa shape index (κ2) is 11.8. The molecule has 36 heavy (non-hydrogen) atoms. The number of pyridine rings is 1. The number of carboxylic acid groups (broad SMARTS) is 1. The number of ether oxygens (including phenoxy) is 1. The van der Waals surface area contributed by atoms with E-state index in [1.54, 1.807) is 25.4 Å². The highest BCUT2D eigenvalue weighted by Gasteiger charge is 2.34. The number of aromatic nitrogens is 1. The summed E-state index contributed by atoms with van der Waals surface area (Å²) in [5.74, 6) is -2.39. The predicted molar refractivity (Wildman–Crippen MR) is 133 cm³/mol. The monoisotopic (exact) mass is 498 g/mol. The number of carbonyl (C=O) groups is 1. The number of hydrogen-bond donors (Lipinski definition) is 2. The van der Waals surface area contributed by atoms with Gasteiger partial charge < -0.3 is 19.8 Å². The van der Waals surface area contributed by atoms with Gasteiger partial charge in [-0.2, -0.15) is 0 Å². The van der Waals surface area contributed by atoms with Crippen LogP contribution in [-0.4, -0.2) is 52.8 Å². The summed E-state index contributed by atoms with van der Waals surface area (Å²) in [5, 5.41) is 21.7. The van der Waals surface area contributed by atoms with Gasteiger partial charge in [-0.3, -0.25) is 9.78 Å². The van der Waals surface area contributed by atoms with Crippen molar-refractivity contribution >= 4 is 16.9 Å². The molecule has 1 aliphatic rings. The number of aliphatic hydroxyl groups excluding tert-OH is 1. The molecule has 1 aliphatic heterocycles. The maximum atomic E-state index is 13.9. The van der Waals surface area contributed by atoms with Gasteiger partial charge >= 0.3 is 5.97 Å². The smallest absolute Gasteiger partial charge is 0.308 e. The number of hydrogen-bond acceptors (Lipinski definition) is 5. The Morgan fingerprint density at radius 1 is 1.25 bits per heavy atom. The molecule has 0 bridgehead atoms. The first-order chi connectivity index (χ1) is 17.4. The Bertz CT molecular complexity index is 1210. The van der Waals surface area contributed by atoms with Crippen LogP contribution >= 0.6 is 0 Å². The van der Waals surface area contributed by atoms with Crippen molar-refractivity contribution in [3.63, 3.8) is 0 Å². The first kappa shape index (κ1) is 26.0. The third kappa shape index (κ3) is 5.99. The largest absolute Gasteiger partial charge is 0.497 e. The number of rotatable bonds is 10. The fourth-order valence-electron chi connectivity index (χ4n) is 5.22. The molecule has 0 amide bonds. The van der Waals surface area contributed by atoms with E-state index >= 15 is 0 Å². The van der Waals surface area contributed by atoms with Crippen LogP contribution in [0.25, 0.3) is 10.9 Å². The van der Waals surface area contributed by atoms with Crippen molar-refractivity contribution in [3.05, 3.63) is 71.4 Å². The normalized spacial score (nSPS) is 19.3. The third-order valence-electron chi connectivity index (χ3n) is 7.26. The molecule has 2 aromatic carbocycles. The van der Waals surface area contributed by atoms with Gasteiger partial charge in [-0.1, -0.05) is 12.1 Å². The molecule has 2 N–H and O–H groups in total. The summed E-state index contributed by atoms with van der Waals surface area (Å²) in [4.78, 5) is 18.5. The number of nitrogens with zero attached hydrogens (tertiary/aromatic N) is 2. The van der Waals surface area contributed by atoms with Crippen molar-refractivity contribution in [2.75, 3.05) is 26.7 Å². The topological polar surface area (TPSA) is 82.9 Å². The summed E-state index contributed by atoms with van der Waals surface area (Å²) in [6.45, 7) is 1.78. The molecular formula is C28H32F2N2O4. The highest BCUT2D eigenvalue weighted by Crippen LogP contribution is 2.34. The van der Waals surface area contributed by atoms with Gasteiger partial charge in [-0.25, -0.2) is 8.78 Å². The highest BCUT2D eigenvalue weighted by molar-refractivity contribution is 5.83. The van der Waals surface area contributed by atoms with Crippen molar-refractivity contribution in [1.82, 2.24) is 9.88 Å². The molecule has 1 aromatic heterocycles. The number of aliphatic hydroxyl groups is 1. The van der Waals surface area contributed by atoms with Crippen molar-refractivity contribution in [1.29, 1.82) is 0 Å². The van der Waals surface area contributed by atoms with E-state index in [0.29, 0.717) is 56.5 Å². The molecule has 1 fully saturated rings. The number of aryl methyl sites for hydroxylation is 1. The fourth-order valence-corrected chi connectivity index (χ4v) is 5.22. The number of halogens is 2. The summed E-state index contributed by atoms with van der Waals surface area (Å²) in [6, 6.07) is 11.5. The van der Waals surface area contributed by atoms with Gasteiger partial charge in [0.25, 0.3) is 0 Å². The van der Waals surface area contributed by atoms with Gasteiger partial charge in [-0.05, 0) is 92.6 Å². The van der Waals surface area contributed by atoms with Crippen LogP contribution in [0.2, 0.25) is 0 Å². The molecule has 8 heteroatoms. The number of fused-ring (bicyclic) bond motifs is 1. The fraction of sp³-hybridized carbons (Fsp3) is 0.429. The van der Waals surface area contributed by atoms with Crippen molar-refractivity contribution in [3.8, 4) is 5.75 Å². The maximum absolute atomic E-state index is 13.9. The average molecular weight is 499 g/mol. The minimum absolute atomic E-state index is 0.0447. The first-order valence-corrected chi connectivity index (χ1v) is 12.4. The molecule has 0 aliphatic carbocycles. The lowest BCUT2D eigenvalue weighted by atomic mass is 9.81. The Morgan fingerprint density at radius 2 is 2.08 bits per heavy atom. The lowest BCUT2D eigenvalue weighted by Crippen LogP contribution is -2.44. The molecular weight excluding hydrogens is 466 g/mol. The van der Waals surface area contributed by atoms with Crippen LogP contribution < -0.4 is 4.74 Å². The zero-order valence-electron chi connectivity index (χ0n) is 20.4. The molecule has 0 saturated carbocycles. The SMILES string of the molecule is COc1ccc2nccc([C@@H](O)CC[C@@H]3CCN(CCCc4cccc(F)c4F)C[C@@H]3C(=O)O)c2c1. The van der Waals surface area contributed by atoms with Crippen LogP contribution in [0.1, 0.15) is 42.9 Å². The summed E-state index contributed by atoms with van der Waals surface area (Å²) in [6.07, 6.45) is 3.70. The lowest BCUT2D eigenvalue weighted by Gasteiger charge is -2.37. The number of piperidine rings is 1. The van der Waals surface area contributed by atoms with E-state index in [1.165, 1.54) is 6.07 Å². The van der Waals surface area contributed by atoms with Gasteiger partial charge in [0.05, 0.1) is 24.6 Å². The zero-order chi connectivity index (χ0) is 25.7. The first-order valence-electron chi connectivity index (χ1n) is 12.4. The van der Waals surface area contributed by atoms with E-state index in [4.69, 9.17) is 4.74 Å². The molecule has 3 aromatic rings. The summed E-state index contributed by atoms with van der Waals surface area (Å²) >= 11 is 0. The second-order valence-electron chi connectivity index (χ2n) is 9.49. The quantitative estimate of drug-likeness (QED) is 0.410. The zero-order valence-corrected chi connectivity index (χ0v) is 20.4. The van der Waals surface area contributed by atoms with Gasteiger partial charge in [0.2, 0.25) is 0 Å². The van der Waals surface area contributed by atoms with Gasteiger partial charge in [0, 0.05) is 18.1 Å². The minimum Gasteiger partial charge on any atom is -0.497 e. The summed E-state index contributed by atoms with van der Waals surface area (Å²) < 4.78 is 32.6. The van der Waals surface area contributed by atoms with Crippen LogP contribution in [-0.2, 0) is 11.2 Å². The van der Waals surface area contributed by atoms with Gasteiger partial charge in [0.15, 0.2) is 11.6 Å². The Balaban J connectivity index is 1.33. The van der Waals surface area contributed by atoms with Gasteiger partial charge in [-0.15, -0.1) is 0 Å². The lowest BCUT2D eigenvalue weighted by molar-refractivity contribution is -0.146. The van der Waals surface area contributed by atoms with E-state index in [1.807, 2.05) is 18.2 Å². The Labute approximate surface area is 209 Å². The van der Waals surface area contributed by atoms with Gasteiger partial charge in [0.1, 0.15) is 5.75 Å². The summed E-state index contributed by atoms with van der Waals surface area (Å²) in [7, 11) is 1.59. The molecule has 6 nitrogen and oxygen atoms in total. The number of benzene rings is 2. The number of methoxy groups -OCH3 is 1. The molecule has 4 rings (SSSR count). The Kier molecular flexibility index (Phi) is 8.48. The number of aliphatic carboxylic acids is 1. The van der Waals surface area contributed by atoms with Crippen molar-refractivity contribution < 1.29 is 28.5 Å². The van der Waals surface area contributed by atoms with Crippen LogP contribution in [0.4, 0.5) is 8.78 Å². The third-order valence-corrected chi connectivity index (χ3v) is 7.26. The van der Waals surface area contributed by atoms with E-state index in [9.17, 15) is 23.8 Å². The van der Waals surface area contributed by atoms with E-state index in [0.717, 1.165) is 29.1 Å².